The van der Waals surface area contributed by atoms with Crippen molar-refractivity contribution < 1.29 is 45.4 Å². The maximum absolute atomic E-state index is 14.9. The quantitative estimate of drug-likeness (QED) is 0.172. The van der Waals surface area contributed by atoms with Crippen molar-refractivity contribution in [2.45, 2.75) is 37.5 Å². The van der Waals surface area contributed by atoms with Crippen LogP contribution in [0.25, 0.3) is 0 Å². The smallest absolute Gasteiger partial charge is 0.338 e. The average Bonchev–Trinajstić information content (AvgIpc) is 3.38. The van der Waals surface area contributed by atoms with E-state index in [0.717, 1.165) is 36.7 Å². The van der Waals surface area contributed by atoms with Gasteiger partial charge in [0, 0.05) is 54.5 Å². The Labute approximate surface area is 252 Å². The van der Waals surface area contributed by atoms with Crippen LogP contribution in [0.4, 0.5) is 26.3 Å². The third kappa shape index (κ3) is 6.97. The molecule has 234 valence electrons. The zero-order valence-corrected chi connectivity index (χ0v) is 23.5. The van der Waals surface area contributed by atoms with Gasteiger partial charge in [-0.2, -0.15) is 0 Å². The maximum Gasteiger partial charge on any atom is 0.338 e. The number of rotatable bonds is 10. The monoisotopic (exact) mass is 642 g/mol. The normalized spacial score (nSPS) is 19.3. The predicted octanol–water partition coefficient (Wildman–Crippen LogP) is 5.70. The van der Waals surface area contributed by atoms with Crippen molar-refractivity contribution in [2.75, 3.05) is 26.3 Å². The van der Waals surface area contributed by atoms with Crippen molar-refractivity contribution in [3.8, 4) is 0 Å². The molecule has 1 N–H and O–H groups in total. The zero-order valence-electron chi connectivity index (χ0n) is 22.7. The fourth-order valence-corrected chi connectivity index (χ4v) is 5.35. The summed E-state index contributed by atoms with van der Waals surface area (Å²) in [6.45, 7) is 0.364. The van der Waals surface area contributed by atoms with Gasteiger partial charge in [0.2, 0.25) is 0 Å². The van der Waals surface area contributed by atoms with E-state index in [0.29, 0.717) is 0 Å². The van der Waals surface area contributed by atoms with Crippen molar-refractivity contribution in [1.82, 2.24) is 20.2 Å². The molecule has 1 amide bonds. The standard InChI is InChI=1S/C29H25ClF6N4O4/c30-20-9-21(31)19(8-22(20)32)25(16-12-43-13-16)39-10-17-7-18(44-29(42)15-2-4-38-24(6-15)27(35)36)11-40(17)28(41)14-1-3-37-23(5-14)26(33)34/h1-6,8-9,16-18,25-27,39H,7,10-13H2/t17?,18-,25-/m1/s1. The minimum Gasteiger partial charge on any atom is -0.457 e. The van der Waals surface area contributed by atoms with Gasteiger partial charge in [0.15, 0.2) is 0 Å². The molecular formula is C29H25ClF6N4O4. The SMILES string of the molecule is O=C(O[C@@H]1CC(CN[C@@H](c2cc(F)c(Cl)cc2F)C2COC2)N(C(=O)c2ccnc(C(F)F)c2)C1)c1ccnc(C(F)F)c1. The molecule has 2 fully saturated rings. The molecule has 1 aromatic carbocycles. The van der Waals surface area contributed by atoms with Crippen LogP contribution in [0.1, 0.15) is 63.0 Å². The second-order valence-corrected chi connectivity index (χ2v) is 10.8. The van der Waals surface area contributed by atoms with Gasteiger partial charge in [-0.3, -0.25) is 14.8 Å². The highest BCUT2D eigenvalue weighted by atomic mass is 35.5. The molecule has 0 aliphatic carbocycles. The molecule has 2 aliphatic rings. The molecule has 3 aromatic rings. The summed E-state index contributed by atoms with van der Waals surface area (Å²) in [4.78, 5) is 34.8. The van der Waals surface area contributed by atoms with E-state index < -0.39 is 65.9 Å². The molecule has 5 rings (SSSR count). The van der Waals surface area contributed by atoms with Gasteiger partial charge < -0.3 is 19.7 Å². The Morgan fingerprint density at radius 1 is 0.977 bits per heavy atom. The number of ether oxygens (including phenoxy) is 2. The molecule has 1 unspecified atom stereocenters. The average molecular weight is 643 g/mol. The van der Waals surface area contributed by atoms with Crippen molar-refractivity contribution in [3.63, 3.8) is 0 Å². The molecule has 3 atom stereocenters. The highest BCUT2D eigenvalue weighted by Gasteiger charge is 2.40. The van der Waals surface area contributed by atoms with Crippen LogP contribution < -0.4 is 5.32 Å². The number of aromatic nitrogens is 2. The number of halogens is 7. The van der Waals surface area contributed by atoms with Crippen molar-refractivity contribution in [2.24, 2.45) is 5.92 Å². The number of amides is 1. The molecule has 0 bridgehead atoms. The van der Waals surface area contributed by atoms with Gasteiger partial charge in [-0.15, -0.1) is 0 Å². The third-order valence-corrected chi connectivity index (χ3v) is 7.78. The van der Waals surface area contributed by atoms with E-state index in [9.17, 15) is 35.9 Å². The number of nitrogens with zero attached hydrogens (tertiary/aromatic N) is 3. The molecule has 15 heteroatoms. The summed E-state index contributed by atoms with van der Waals surface area (Å²) in [5.74, 6) is -3.39. The number of likely N-dealkylation sites (tertiary alicyclic amines) is 1. The van der Waals surface area contributed by atoms with Crippen LogP contribution in [0.3, 0.4) is 0 Å². The summed E-state index contributed by atoms with van der Waals surface area (Å²) >= 11 is 5.73. The predicted molar refractivity (Wildman–Crippen MR) is 143 cm³/mol. The molecule has 2 aliphatic heterocycles. The van der Waals surface area contributed by atoms with Gasteiger partial charge in [0.25, 0.3) is 18.8 Å². The van der Waals surface area contributed by atoms with E-state index in [4.69, 9.17) is 21.1 Å². The Morgan fingerprint density at radius 2 is 1.61 bits per heavy atom. The van der Waals surface area contributed by atoms with Crippen molar-refractivity contribution >= 4 is 23.5 Å². The largest absolute Gasteiger partial charge is 0.457 e. The van der Waals surface area contributed by atoms with Gasteiger partial charge >= 0.3 is 5.97 Å². The molecule has 8 nitrogen and oxygen atoms in total. The molecule has 2 aromatic heterocycles. The van der Waals surface area contributed by atoms with Crippen LogP contribution in [0.15, 0.2) is 48.8 Å². The summed E-state index contributed by atoms with van der Waals surface area (Å²) in [6, 6.07) is 4.73. The van der Waals surface area contributed by atoms with Crippen LogP contribution in [0.5, 0.6) is 0 Å². The van der Waals surface area contributed by atoms with Gasteiger partial charge in [0.1, 0.15) is 29.1 Å². The second kappa shape index (κ2) is 13.5. The lowest BCUT2D eigenvalue weighted by atomic mass is 9.90. The number of hydrogen-bond acceptors (Lipinski definition) is 7. The zero-order chi connectivity index (χ0) is 31.5. The van der Waals surface area contributed by atoms with E-state index in [-0.39, 0.29) is 60.4 Å². The second-order valence-electron chi connectivity index (χ2n) is 10.4. The maximum atomic E-state index is 14.9. The number of alkyl halides is 4. The minimum atomic E-state index is -2.92. The molecule has 4 heterocycles. The van der Waals surface area contributed by atoms with Crippen LogP contribution in [0, 0.1) is 17.6 Å². The molecule has 44 heavy (non-hydrogen) atoms. The van der Waals surface area contributed by atoms with Gasteiger partial charge in [0.05, 0.1) is 30.3 Å². The van der Waals surface area contributed by atoms with Gasteiger partial charge in [-0.25, -0.2) is 31.1 Å². The van der Waals surface area contributed by atoms with Crippen LogP contribution >= 0.6 is 11.6 Å². The molecule has 2 saturated heterocycles. The topological polar surface area (TPSA) is 93.7 Å². The number of carbonyl (C=O) groups is 2. The molecule has 0 saturated carbocycles. The molecule has 0 radical (unpaired) electrons. The Kier molecular flexibility index (Phi) is 9.71. The number of pyridine rings is 2. The highest BCUT2D eigenvalue weighted by Crippen LogP contribution is 2.33. The Bertz CT molecular complexity index is 1530. The summed E-state index contributed by atoms with van der Waals surface area (Å²) in [6.07, 6.45) is -4.56. The first-order chi connectivity index (χ1) is 21.0. The van der Waals surface area contributed by atoms with E-state index in [1.54, 1.807) is 0 Å². The van der Waals surface area contributed by atoms with E-state index in [1.165, 1.54) is 17.0 Å². The first kappa shape index (κ1) is 31.7. The Hall–Kier alpha value is -3.75. The number of hydrogen-bond donors (Lipinski definition) is 1. The summed E-state index contributed by atoms with van der Waals surface area (Å²) in [5, 5.41) is 2.78. The fourth-order valence-electron chi connectivity index (χ4n) is 5.20. The molecule has 0 spiro atoms. The van der Waals surface area contributed by atoms with E-state index in [1.807, 2.05) is 0 Å². The lowest BCUT2D eigenvalue weighted by Crippen LogP contribution is -2.46. The summed E-state index contributed by atoms with van der Waals surface area (Å²) < 4.78 is 92.8. The lowest BCUT2D eigenvalue weighted by molar-refractivity contribution is -0.0514. The first-order valence-electron chi connectivity index (χ1n) is 13.5. The minimum absolute atomic E-state index is 0.00211. The fraction of sp³-hybridized carbons (Fsp3) is 0.379. The Balaban J connectivity index is 1.38. The van der Waals surface area contributed by atoms with Crippen molar-refractivity contribution in [3.05, 3.63) is 93.5 Å². The van der Waals surface area contributed by atoms with Crippen molar-refractivity contribution in [1.29, 1.82) is 0 Å². The number of esters is 1. The van der Waals surface area contributed by atoms with Crippen LogP contribution in [0.2, 0.25) is 5.02 Å². The van der Waals surface area contributed by atoms with E-state index in [2.05, 4.69) is 15.3 Å². The van der Waals surface area contributed by atoms with E-state index >= 15 is 0 Å². The number of benzene rings is 1. The third-order valence-electron chi connectivity index (χ3n) is 7.49. The van der Waals surface area contributed by atoms with Crippen LogP contribution in [-0.2, 0) is 9.47 Å². The Morgan fingerprint density at radius 3 is 2.23 bits per heavy atom. The first-order valence-corrected chi connectivity index (χ1v) is 13.8. The van der Waals surface area contributed by atoms with Crippen LogP contribution in [-0.4, -0.2) is 65.2 Å². The summed E-state index contributed by atoms with van der Waals surface area (Å²) in [7, 11) is 0. The molecular weight excluding hydrogens is 618 g/mol. The number of carbonyl (C=O) groups excluding carboxylic acids is 2. The summed E-state index contributed by atoms with van der Waals surface area (Å²) in [5.41, 5.74) is -1.48. The highest BCUT2D eigenvalue weighted by molar-refractivity contribution is 6.30. The van der Waals surface area contributed by atoms with Gasteiger partial charge in [-0.1, -0.05) is 11.6 Å². The number of nitrogens with one attached hydrogen (secondary N) is 1. The van der Waals surface area contributed by atoms with Gasteiger partial charge in [-0.05, 0) is 36.4 Å². The lowest BCUT2D eigenvalue weighted by Gasteiger charge is -2.36.